The lowest BCUT2D eigenvalue weighted by Gasteiger charge is -2.17. The Hall–Kier alpha value is -2.80. The van der Waals surface area contributed by atoms with E-state index < -0.39 is 6.10 Å². The van der Waals surface area contributed by atoms with Gasteiger partial charge >= 0.3 is 4.87 Å². The van der Waals surface area contributed by atoms with E-state index in [2.05, 4.69) is 5.32 Å². The van der Waals surface area contributed by atoms with Crippen LogP contribution in [-0.4, -0.2) is 23.7 Å². The zero-order valence-electron chi connectivity index (χ0n) is 14.8. The van der Waals surface area contributed by atoms with E-state index in [0.29, 0.717) is 17.9 Å². The van der Waals surface area contributed by atoms with Crippen LogP contribution in [0.5, 0.6) is 11.5 Å². The fourth-order valence-corrected chi connectivity index (χ4v) is 3.49. The lowest BCUT2D eigenvalue weighted by molar-refractivity contribution is -0.122. The Morgan fingerprint density at radius 1 is 1.19 bits per heavy atom. The molecule has 2 aromatic carbocycles. The second-order valence-electron chi connectivity index (χ2n) is 5.79. The molecule has 1 aromatic heterocycles. The minimum atomic E-state index is -0.617. The van der Waals surface area contributed by atoms with Crippen LogP contribution in [0.4, 0.5) is 5.69 Å². The number of benzene rings is 2. The van der Waals surface area contributed by atoms with E-state index in [1.807, 2.05) is 13.0 Å². The molecule has 0 aliphatic heterocycles. The van der Waals surface area contributed by atoms with Crippen molar-refractivity contribution in [1.29, 1.82) is 0 Å². The normalized spacial score (nSPS) is 12.0. The smallest absolute Gasteiger partial charge is 0.307 e. The number of ether oxygens (including phenoxy) is 2. The van der Waals surface area contributed by atoms with Gasteiger partial charge in [0, 0.05) is 12.7 Å². The van der Waals surface area contributed by atoms with Gasteiger partial charge in [-0.15, -0.1) is 0 Å². The van der Waals surface area contributed by atoms with Crippen LogP contribution in [0.2, 0.25) is 0 Å². The maximum Gasteiger partial charge on any atom is 0.307 e. The maximum absolute atomic E-state index is 12.6. The van der Waals surface area contributed by atoms with Crippen LogP contribution in [0.15, 0.2) is 47.3 Å². The Morgan fingerprint density at radius 3 is 2.54 bits per heavy atom. The molecule has 1 N–H and O–H groups in total. The van der Waals surface area contributed by atoms with Gasteiger partial charge in [0.15, 0.2) is 6.10 Å². The number of thiazole rings is 1. The SMILES string of the molecule is CCC(Oc1ccc(OC)cc1)C(=O)Nc1ccc2c(c1)sc(=O)n2C. The molecule has 1 amide bonds. The first kappa shape index (κ1) is 18.0. The number of fused-ring (bicyclic) bond motifs is 1. The van der Waals surface area contributed by atoms with Gasteiger partial charge in [0.2, 0.25) is 0 Å². The molecule has 136 valence electrons. The molecule has 0 aliphatic rings. The number of nitrogens with zero attached hydrogens (tertiary/aromatic N) is 1. The summed E-state index contributed by atoms with van der Waals surface area (Å²) in [5.74, 6) is 1.10. The molecule has 6 nitrogen and oxygen atoms in total. The summed E-state index contributed by atoms with van der Waals surface area (Å²) < 4.78 is 13.3. The molecule has 0 saturated heterocycles. The minimum Gasteiger partial charge on any atom is -0.497 e. The van der Waals surface area contributed by atoms with Crippen LogP contribution in [0.25, 0.3) is 10.2 Å². The molecule has 0 radical (unpaired) electrons. The van der Waals surface area contributed by atoms with Crippen molar-refractivity contribution in [3.05, 3.63) is 52.1 Å². The molecule has 3 rings (SSSR count). The summed E-state index contributed by atoms with van der Waals surface area (Å²) >= 11 is 1.15. The molecule has 3 aromatic rings. The number of aromatic nitrogens is 1. The third kappa shape index (κ3) is 3.72. The van der Waals surface area contributed by atoms with Crippen molar-refractivity contribution in [2.75, 3.05) is 12.4 Å². The van der Waals surface area contributed by atoms with Crippen molar-refractivity contribution in [1.82, 2.24) is 4.57 Å². The second kappa shape index (κ2) is 7.61. The lowest BCUT2D eigenvalue weighted by atomic mass is 10.2. The van der Waals surface area contributed by atoms with Crippen molar-refractivity contribution >= 4 is 33.1 Å². The molecule has 0 bridgehead atoms. The second-order valence-corrected chi connectivity index (χ2v) is 6.78. The highest BCUT2D eigenvalue weighted by Gasteiger charge is 2.19. The number of hydrogen-bond donors (Lipinski definition) is 1. The summed E-state index contributed by atoms with van der Waals surface area (Å²) in [4.78, 5) is 24.3. The lowest BCUT2D eigenvalue weighted by Crippen LogP contribution is -2.32. The first-order valence-corrected chi connectivity index (χ1v) is 9.04. The van der Waals surface area contributed by atoms with Gasteiger partial charge in [0.25, 0.3) is 5.91 Å². The predicted molar refractivity (Wildman–Crippen MR) is 103 cm³/mol. The zero-order valence-corrected chi connectivity index (χ0v) is 15.6. The summed E-state index contributed by atoms with van der Waals surface area (Å²) in [5, 5.41) is 2.86. The number of rotatable bonds is 6. The Labute approximate surface area is 155 Å². The molecule has 7 heteroatoms. The monoisotopic (exact) mass is 372 g/mol. The van der Waals surface area contributed by atoms with Gasteiger partial charge in [-0.2, -0.15) is 0 Å². The fourth-order valence-electron chi connectivity index (χ4n) is 2.58. The highest BCUT2D eigenvalue weighted by molar-refractivity contribution is 7.16. The highest BCUT2D eigenvalue weighted by atomic mass is 32.1. The highest BCUT2D eigenvalue weighted by Crippen LogP contribution is 2.22. The topological polar surface area (TPSA) is 69.6 Å². The maximum atomic E-state index is 12.6. The van der Waals surface area contributed by atoms with Crippen molar-refractivity contribution in [2.24, 2.45) is 7.05 Å². The third-order valence-corrected chi connectivity index (χ3v) is 5.06. The Balaban J connectivity index is 1.73. The van der Waals surface area contributed by atoms with Crippen molar-refractivity contribution in [3.63, 3.8) is 0 Å². The van der Waals surface area contributed by atoms with E-state index in [1.165, 1.54) is 0 Å². The van der Waals surface area contributed by atoms with Gasteiger partial charge in [-0.05, 0) is 48.9 Å². The summed E-state index contributed by atoms with van der Waals surface area (Å²) in [6.45, 7) is 1.89. The predicted octanol–water partition coefficient (Wildman–Crippen LogP) is 3.40. The van der Waals surface area contributed by atoms with Gasteiger partial charge in [0.05, 0.1) is 17.3 Å². The van der Waals surface area contributed by atoms with Crippen LogP contribution in [0.3, 0.4) is 0 Å². The number of nitrogens with one attached hydrogen (secondary N) is 1. The Morgan fingerprint density at radius 2 is 1.88 bits per heavy atom. The quantitative estimate of drug-likeness (QED) is 0.720. The molecule has 1 heterocycles. The van der Waals surface area contributed by atoms with E-state index in [0.717, 1.165) is 27.3 Å². The van der Waals surface area contributed by atoms with Crippen molar-refractivity contribution in [2.45, 2.75) is 19.4 Å². The first-order valence-electron chi connectivity index (χ1n) is 8.23. The number of anilines is 1. The van der Waals surface area contributed by atoms with E-state index in [1.54, 1.807) is 55.1 Å². The number of carbonyl (C=O) groups is 1. The van der Waals surface area contributed by atoms with Crippen LogP contribution in [-0.2, 0) is 11.8 Å². The van der Waals surface area contributed by atoms with Gasteiger partial charge in [-0.1, -0.05) is 18.3 Å². The largest absolute Gasteiger partial charge is 0.497 e. The summed E-state index contributed by atoms with van der Waals surface area (Å²) in [6.07, 6.45) is -0.0905. The van der Waals surface area contributed by atoms with Crippen LogP contribution in [0, 0.1) is 0 Å². The zero-order chi connectivity index (χ0) is 18.7. The van der Waals surface area contributed by atoms with E-state index >= 15 is 0 Å². The first-order chi connectivity index (χ1) is 12.5. The molecule has 0 aliphatic carbocycles. The number of carbonyl (C=O) groups excluding carboxylic acids is 1. The Bertz CT molecular complexity index is 975. The minimum absolute atomic E-state index is 0.0299. The van der Waals surface area contributed by atoms with E-state index in [-0.39, 0.29) is 10.8 Å². The van der Waals surface area contributed by atoms with Crippen LogP contribution < -0.4 is 19.7 Å². The van der Waals surface area contributed by atoms with Gasteiger partial charge < -0.3 is 19.4 Å². The average Bonchev–Trinajstić information content (AvgIpc) is 2.93. The molecular formula is C19H20N2O4S. The van der Waals surface area contributed by atoms with Crippen LogP contribution >= 0.6 is 11.3 Å². The molecule has 1 unspecified atom stereocenters. The average molecular weight is 372 g/mol. The van der Waals surface area contributed by atoms with E-state index in [9.17, 15) is 9.59 Å². The van der Waals surface area contributed by atoms with Crippen LogP contribution in [0.1, 0.15) is 13.3 Å². The summed E-state index contributed by atoms with van der Waals surface area (Å²) in [7, 11) is 3.33. The third-order valence-electron chi connectivity index (χ3n) is 4.06. The molecule has 0 fully saturated rings. The number of methoxy groups -OCH3 is 1. The van der Waals surface area contributed by atoms with Crippen molar-refractivity contribution in [3.8, 4) is 11.5 Å². The molecule has 0 spiro atoms. The number of amides is 1. The molecule has 26 heavy (non-hydrogen) atoms. The standard InChI is InChI=1S/C19H20N2O4S/c1-4-16(25-14-8-6-13(24-3)7-9-14)18(22)20-12-5-10-15-17(11-12)26-19(23)21(15)2/h5-11,16H,4H2,1-3H3,(H,20,22). The molecule has 1 atom stereocenters. The molecule has 0 saturated carbocycles. The summed E-state index contributed by atoms with van der Waals surface area (Å²) in [6, 6.07) is 12.5. The Kier molecular flexibility index (Phi) is 5.27. The van der Waals surface area contributed by atoms with Gasteiger partial charge in [-0.3, -0.25) is 9.59 Å². The summed E-state index contributed by atoms with van der Waals surface area (Å²) in [5.41, 5.74) is 1.49. The van der Waals surface area contributed by atoms with Gasteiger partial charge in [-0.25, -0.2) is 0 Å². The van der Waals surface area contributed by atoms with Crippen molar-refractivity contribution < 1.29 is 14.3 Å². The van der Waals surface area contributed by atoms with E-state index in [4.69, 9.17) is 9.47 Å². The molecular weight excluding hydrogens is 352 g/mol. The number of aryl methyl sites for hydroxylation is 1. The van der Waals surface area contributed by atoms with Gasteiger partial charge in [0.1, 0.15) is 11.5 Å². The fraction of sp³-hybridized carbons (Fsp3) is 0.263. The number of hydrogen-bond acceptors (Lipinski definition) is 5.